The summed E-state index contributed by atoms with van der Waals surface area (Å²) >= 11 is 0. The van der Waals surface area contributed by atoms with Crippen LogP contribution in [-0.4, -0.2) is 54.7 Å². The SMILES string of the molecule is CCC(NC(=O)NCC1CCN(C)C1)C(=O)O. The molecule has 2 unspecified atom stereocenters. The Morgan fingerprint density at radius 3 is 2.71 bits per heavy atom. The molecule has 0 spiro atoms. The molecular formula is C11H21N3O3. The molecule has 2 atom stereocenters. The van der Waals surface area contributed by atoms with E-state index in [2.05, 4.69) is 22.6 Å². The van der Waals surface area contributed by atoms with Crippen molar-refractivity contribution in [1.82, 2.24) is 15.5 Å². The molecular weight excluding hydrogens is 222 g/mol. The molecule has 1 rings (SSSR count). The molecule has 1 fully saturated rings. The number of urea groups is 1. The van der Waals surface area contributed by atoms with Gasteiger partial charge in [0.15, 0.2) is 0 Å². The van der Waals surface area contributed by atoms with Crippen molar-refractivity contribution in [2.75, 3.05) is 26.7 Å². The first-order chi connectivity index (χ1) is 8.02. The molecule has 0 aromatic rings. The number of aliphatic carboxylic acids is 1. The molecule has 1 saturated heterocycles. The van der Waals surface area contributed by atoms with Gasteiger partial charge in [0.05, 0.1) is 0 Å². The van der Waals surface area contributed by atoms with Gasteiger partial charge in [-0.25, -0.2) is 9.59 Å². The minimum absolute atomic E-state index is 0.384. The summed E-state index contributed by atoms with van der Waals surface area (Å²) in [4.78, 5) is 24.4. The van der Waals surface area contributed by atoms with Crippen molar-refractivity contribution in [3.05, 3.63) is 0 Å². The molecule has 98 valence electrons. The lowest BCUT2D eigenvalue weighted by atomic mass is 10.1. The van der Waals surface area contributed by atoms with E-state index in [1.54, 1.807) is 6.92 Å². The summed E-state index contributed by atoms with van der Waals surface area (Å²) in [5.41, 5.74) is 0. The zero-order valence-corrected chi connectivity index (χ0v) is 10.4. The number of rotatable bonds is 5. The van der Waals surface area contributed by atoms with Crippen molar-refractivity contribution in [3.63, 3.8) is 0 Å². The first kappa shape index (κ1) is 13.8. The van der Waals surface area contributed by atoms with Gasteiger partial charge < -0.3 is 20.6 Å². The van der Waals surface area contributed by atoms with Gasteiger partial charge in [0.25, 0.3) is 0 Å². The lowest BCUT2D eigenvalue weighted by Gasteiger charge is -2.15. The third kappa shape index (κ3) is 4.60. The average molecular weight is 243 g/mol. The maximum absolute atomic E-state index is 11.5. The molecule has 0 aromatic carbocycles. The van der Waals surface area contributed by atoms with E-state index >= 15 is 0 Å². The number of nitrogens with zero attached hydrogens (tertiary/aromatic N) is 1. The Bertz CT molecular complexity index is 283. The Kier molecular flexibility index (Phi) is 5.21. The highest BCUT2D eigenvalue weighted by Crippen LogP contribution is 2.12. The third-order valence-electron chi connectivity index (χ3n) is 3.05. The van der Waals surface area contributed by atoms with Gasteiger partial charge in [-0.3, -0.25) is 0 Å². The second kappa shape index (κ2) is 6.44. The van der Waals surface area contributed by atoms with Crippen LogP contribution in [0.2, 0.25) is 0 Å². The number of likely N-dealkylation sites (tertiary alicyclic amines) is 1. The van der Waals surface area contributed by atoms with E-state index in [1.165, 1.54) is 0 Å². The van der Waals surface area contributed by atoms with Crippen LogP contribution in [0.5, 0.6) is 0 Å². The summed E-state index contributed by atoms with van der Waals surface area (Å²) in [6, 6.07) is -1.20. The molecule has 0 saturated carbocycles. The van der Waals surface area contributed by atoms with Crippen LogP contribution in [0.4, 0.5) is 4.79 Å². The van der Waals surface area contributed by atoms with Crippen LogP contribution in [-0.2, 0) is 4.79 Å². The van der Waals surface area contributed by atoms with Gasteiger partial charge in [-0.2, -0.15) is 0 Å². The summed E-state index contributed by atoms with van der Waals surface area (Å²) in [5, 5.41) is 14.0. The van der Waals surface area contributed by atoms with Crippen molar-refractivity contribution >= 4 is 12.0 Å². The quantitative estimate of drug-likeness (QED) is 0.639. The van der Waals surface area contributed by atoms with Gasteiger partial charge in [-0.1, -0.05) is 6.92 Å². The van der Waals surface area contributed by atoms with E-state index < -0.39 is 18.0 Å². The summed E-state index contributed by atoms with van der Waals surface area (Å²) < 4.78 is 0. The predicted molar refractivity (Wildman–Crippen MR) is 63.9 cm³/mol. The van der Waals surface area contributed by atoms with Gasteiger partial charge in [0.1, 0.15) is 6.04 Å². The second-order valence-electron chi connectivity index (χ2n) is 4.57. The van der Waals surface area contributed by atoms with Crippen molar-refractivity contribution in [2.45, 2.75) is 25.8 Å². The maximum Gasteiger partial charge on any atom is 0.326 e. The van der Waals surface area contributed by atoms with Crippen LogP contribution in [0, 0.1) is 5.92 Å². The highest BCUT2D eigenvalue weighted by atomic mass is 16.4. The van der Waals surface area contributed by atoms with E-state index in [0.29, 0.717) is 18.9 Å². The summed E-state index contributed by atoms with van der Waals surface area (Å²) in [6.45, 7) is 4.37. The van der Waals surface area contributed by atoms with Crippen LogP contribution in [0.25, 0.3) is 0 Å². The molecule has 17 heavy (non-hydrogen) atoms. The van der Waals surface area contributed by atoms with Gasteiger partial charge in [-0.15, -0.1) is 0 Å². The normalized spacial score (nSPS) is 22.1. The zero-order chi connectivity index (χ0) is 12.8. The average Bonchev–Trinajstić information content (AvgIpc) is 2.68. The lowest BCUT2D eigenvalue weighted by molar-refractivity contribution is -0.139. The van der Waals surface area contributed by atoms with E-state index in [-0.39, 0.29) is 0 Å². The number of amides is 2. The number of nitrogens with one attached hydrogen (secondary N) is 2. The van der Waals surface area contributed by atoms with Gasteiger partial charge in [0, 0.05) is 13.1 Å². The lowest BCUT2D eigenvalue weighted by Crippen LogP contribution is -2.46. The number of carboxylic acids is 1. The number of carbonyl (C=O) groups excluding carboxylic acids is 1. The molecule has 1 heterocycles. The van der Waals surface area contributed by atoms with E-state index in [1.807, 2.05) is 0 Å². The largest absolute Gasteiger partial charge is 0.480 e. The Labute approximate surface area is 101 Å². The Balaban J connectivity index is 2.23. The van der Waals surface area contributed by atoms with Crippen LogP contribution >= 0.6 is 0 Å². The summed E-state index contributed by atoms with van der Waals surface area (Å²) in [5.74, 6) is -0.529. The summed E-state index contributed by atoms with van der Waals surface area (Å²) in [7, 11) is 2.05. The van der Waals surface area contributed by atoms with Crippen LogP contribution in [0.3, 0.4) is 0 Å². The molecule has 0 aromatic heterocycles. The molecule has 0 radical (unpaired) electrons. The standard InChI is InChI=1S/C11H21N3O3/c1-3-9(10(15)16)13-11(17)12-6-8-4-5-14(2)7-8/h8-9H,3-7H2,1-2H3,(H,15,16)(H2,12,13,17). The minimum Gasteiger partial charge on any atom is -0.480 e. The third-order valence-corrected chi connectivity index (χ3v) is 3.05. The Hall–Kier alpha value is -1.30. The predicted octanol–water partition coefficient (Wildman–Crippen LogP) is 0.101. The first-order valence-corrected chi connectivity index (χ1v) is 5.98. The molecule has 3 N–H and O–H groups in total. The Morgan fingerprint density at radius 1 is 1.53 bits per heavy atom. The highest BCUT2D eigenvalue weighted by Gasteiger charge is 2.21. The van der Waals surface area contributed by atoms with Crippen molar-refractivity contribution in [2.24, 2.45) is 5.92 Å². The fraction of sp³-hybridized carbons (Fsp3) is 0.818. The zero-order valence-electron chi connectivity index (χ0n) is 10.4. The number of carbonyl (C=O) groups is 2. The fourth-order valence-corrected chi connectivity index (χ4v) is 1.98. The van der Waals surface area contributed by atoms with Crippen molar-refractivity contribution in [3.8, 4) is 0 Å². The molecule has 6 heteroatoms. The van der Waals surface area contributed by atoms with Crippen LogP contribution < -0.4 is 10.6 Å². The molecule has 2 amide bonds. The number of hydrogen-bond donors (Lipinski definition) is 3. The van der Waals surface area contributed by atoms with Gasteiger partial charge in [-0.05, 0) is 32.4 Å². The van der Waals surface area contributed by atoms with E-state index in [4.69, 9.17) is 5.11 Å². The molecule has 1 aliphatic heterocycles. The molecule has 6 nitrogen and oxygen atoms in total. The van der Waals surface area contributed by atoms with Crippen LogP contribution in [0.15, 0.2) is 0 Å². The minimum atomic E-state index is -0.997. The smallest absolute Gasteiger partial charge is 0.326 e. The number of hydrogen-bond acceptors (Lipinski definition) is 3. The van der Waals surface area contributed by atoms with Gasteiger partial charge >= 0.3 is 12.0 Å². The van der Waals surface area contributed by atoms with E-state index in [0.717, 1.165) is 19.5 Å². The monoisotopic (exact) mass is 243 g/mol. The maximum atomic E-state index is 11.5. The van der Waals surface area contributed by atoms with Crippen LogP contribution in [0.1, 0.15) is 19.8 Å². The van der Waals surface area contributed by atoms with Gasteiger partial charge in [0.2, 0.25) is 0 Å². The topological polar surface area (TPSA) is 81.7 Å². The Morgan fingerprint density at radius 2 is 2.24 bits per heavy atom. The molecule has 0 bridgehead atoms. The molecule has 0 aliphatic carbocycles. The fourth-order valence-electron chi connectivity index (χ4n) is 1.98. The highest BCUT2D eigenvalue weighted by molar-refractivity contribution is 5.82. The first-order valence-electron chi connectivity index (χ1n) is 5.98. The number of carboxylic acid groups (broad SMARTS) is 1. The van der Waals surface area contributed by atoms with Crippen molar-refractivity contribution in [1.29, 1.82) is 0 Å². The second-order valence-corrected chi connectivity index (χ2v) is 4.57. The van der Waals surface area contributed by atoms with E-state index in [9.17, 15) is 9.59 Å². The summed E-state index contributed by atoms with van der Waals surface area (Å²) in [6.07, 6.45) is 1.46. The van der Waals surface area contributed by atoms with Crippen molar-refractivity contribution < 1.29 is 14.7 Å². The molecule has 1 aliphatic rings.